The third-order valence-corrected chi connectivity index (χ3v) is 15.6. The summed E-state index contributed by atoms with van der Waals surface area (Å²) in [5.41, 5.74) is 0. The van der Waals surface area contributed by atoms with Crippen LogP contribution in [0.2, 0.25) is 0 Å². The number of hydrogen-bond acceptors (Lipinski definition) is 5. The molecule has 0 rings (SSSR count). The number of carbonyl (C=O) groups is 2. The summed E-state index contributed by atoms with van der Waals surface area (Å²) in [4.78, 5) is 24.6. The summed E-state index contributed by atoms with van der Waals surface area (Å²) in [6.45, 7) is 4.08. The van der Waals surface area contributed by atoms with Crippen molar-refractivity contribution in [2.75, 3.05) is 13.2 Å². The van der Waals surface area contributed by atoms with Gasteiger partial charge in [0.1, 0.15) is 6.61 Å². The number of hydrogen-bond donors (Lipinski definition) is 1. The first-order valence-corrected chi connectivity index (χ1v) is 34.2. The van der Waals surface area contributed by atoms with Gasteiger partial charge in [-0.2, -0.15) is 0 Å². The Morgan fingerprint density at radius 3 is 0.855 bits per heavy atom. The second-order valence-electron chi connectivity index (χ2n) is 23.2. The number of rotatable bonds is 64. The minimum atomic E-state index is -0.773. The molecule has 76 heavy (non-hydrogen) atoms. The van der Waals surface area contributed by atoms with Crippen LogP contribution in [0.25, 0.3) is 0 Å². The van der Waals surface area contributed by atoms with Crippen LogP contribution in [0.3, 0.4) is 0 Å². The Bertz CT molecular complexity index is 1250. The van der Waals surface area contributed by atoms with Crippen LogP contribution in [0.1, 0.15) is 373 Å². The van der Waals surface area contributed by atoms with E-state index in [0.29, 0.717) is 12.8 Å². The molecule has 1 atom stereocenters. The molecule has 0 amide bonds. The van der Waals surface area contributed by atoms with Crippen LogP contribution in [0, 0.1) is 0 Å². The average Bonchev–Trinajstić information content (AvgIpc) is 3.42. The third-order valence-electron chi connectivity index (χ3n) is 15.6. The summed E-state index contributed by atoms with van der Waals surface area (Å²) in [5, 5.41) is 9.69. The lowest BCUT2D eigenvalue weighted by Gasteiger charge is -2.15. The Kier molecular flexibility index (Phi) is 65.2. The van der Waals surface area contributed by atoms with Gasteiger partial charge in [-0.1, -0.05) is 358 Å². The van der Waals surface area contributed by atoms with Gasteiger partial charge in [0, 0.05) is 12.8 Å². The molecule has 0 saturated carbocycles. The minimum Gasteiger partial charge on any atom is -0.462 e. The maximum absolute atomic E-state index is 12.3. The Labute approximate surface area is 475 Å². The van der Waals surface area contributed by atoms with Gasteiger partial charge < -0.3 is 14.6 Å². The number of allylic oxidation sites excluding steroid dienone is 8. The topological polar surface area (TPSA) is 72.8 Å². The van der Waals surface area contributed by atoms with E-state index in [1.807, 2.05) is 0 Å². The van der Waals surface area contributed by atoms with Gasteiger partial charge in [-0.05, 0) is 51.4 Å². The second kappa shape index (κ2) is 67.1. The highest BCUT2D eigenvalue weighted by molar-refractivity contribution is 5.70. The van der Waals surface area contributed by atoms with E-state index in [9.17, 15) is 14.7 Å². The number of unbranched alkanes of at least 4 members (excludes halogenated alkanes) is 48. The Morgan fingerprint density at radius 1 is 0.316 bits per heavy atom. The van der Waals surface area contributed by atoms with Crippen LogP contribution in [0.5, 0.6) is 0 Å². The first-order valence-electron chi connectivity index (χ1n) is 34.2. The Balaban J connectivity index is 3.38. The van der Waals surface area contributed by atoms with Crippen LogP contribution < -0.4 is 0 Å². The van der Waals surface area contributed by atoms with Crippen LogP contribution in [-0.4, -0.2) is 36.4 Å². The van der Waals surface area contributed by atoms with E-state index in [-0.39, 0.29) is 25.2 Å². The fourth-order valence-electron chi connectivity index (χ4n) is 10.6. The molecular formula is C71H132O5. The molecule has 0 heterocycles. The molecule has 5 heteroatoms. The van der Waals surface area contributed by atoms with Gasteiger partial charge in [-0.3, -0.25) is 9.59 Å². The Hall–Kier alpha value is -2.14. The highest BCUT2D eigenvalue weighted by Gasteiger charge is 2.16. The highest BCUT2D eigenvalue weighted by Crippen LogP contribution is 2.19. The quantitative estimate of drug-likeness (QED) is 0.0373. The van der Waals surface area contributed by atoms with Gasteiger partial charge in [-0.25, -0.2) is 0 Å². The van der Waals surface area contributed by atoms with Crippen LogP contribution >= 0.6 is 0 Å². The molecule has 0 aliphatic rings. The standard InChI is InChI=1S/C71H132O5/c1-3-5-7-9-11-13-15-17-19-21-23-25-27-29-30-31-32-33-34-35-36-37-38-39-40-42-43-45-47-49-51-53-55-57-59-61-63-65-70(73)75-68-69(67-72)76-71(74)66-64-62-60-58-56-54-52-50-48-46-44-41-28-26-24-22-20-18-16-14-12-10-8-6-4-2/h6,8,12,14,18,20,24,26,69,72H,3-5,7,9-11,13,15-17,19,21-23,25,27-68H2,1-2H3/b8-6-,14-12-,20-18-,26-24-. The maximum atomic E-state index is 12.3. The fourth-order valence-corrected chi connectivity index (χ4v) is 10.6. The van der Waals surface area contributed by atoms with Crippen molar-refractivity contribution >= 4 is 11.9 Å². The SMILES string of the molecule is CC/C=C\C/C=C\C/C=C\C/C=C\CCCCCCCCCCCCCCC(=O)OC(CO)COC(=O)CCCCCCCCCCCCCCCCCCCCCCCCCCCCCCCCCCCCCCC. The van der Waals surface area contributed by atoms with Crippen molar-refractivity contribution in [1.29, 1.82) is 0 Å². The van der Waals surface area contributed by atoms with E-state index < -0.39 is 6.10 Å². The van der Waals surface area contributed by atoms with Gasteiger partial charge in [0.25, 0.3) is 0 Å². The average molecular weight is 1070 g/mol. The molecule has 446 valence electrons. The second-order valence-corrected chi connectivity index (χ2v) is 23.2. The first-order chi connectivity index (χ1) is 37.6. The van der Waals surface area contributed by atoms with Crippen LogP contribution in [0.4, 0.5) is 0 Å². The van der Waals surface area contributed by atoms with Crippen molar-refractivity contribution in [3.8, 4) is 0 Å². The zero-order valence-electron chi connectivity index (χ0n) is 51.3. The van der Waals surface area contributed by atoms with Crippen molar-refractivity contribution < 1.29 is 24.2 Å². The van der Waals surface area contributed by atoms with E-state index in [2.05, 4.69) is 62.5 Å². The van der Waals surface area contributed by atoms with E-state index in [1.165, 1.54) is 289 Å². The lowest BCUT2D eigenvalue weighted by Crippen LogP contribution is -2.28. The maximum Gasteiger partial charge on any atom is 0.306 e. The number of aliphatic hydroxyl groups is 1. The molecule has 1 N–H and O–H groups in total. The number of esters is 2. The summed E-state index contributed by atoms with van der Waals surface area (Å²) in [6.07, 6.45) is 90.1. The van der Waals surface area contributed by atoms with Gasteiger partial charge in [0.15, 0.2) is 6.10 Å². The van der Waals surface area contributed by atoms with E-state index in [0.717, 1.165) is 57.8 Å². The molecule has 5 nitrogen and oxygen atoms in total. The number of carbonyl (C=O) groups excluding carboxylic acids is 2. The van der Waals surface area contributed by atoms with Crippen LogP contribution in [-0.2, 0) is 19.1 Å². The normalized spacial score (nSPS) is 12.4. The smallest absolute Gasteiger partial charge is 0.306 e. The molecule has 0 aromatic rings. The molecule has 0 aromatic heterocycles. The third kappa shape index (κ3) is 64.4. The summed E-state index contributed by atoms with van der Waals surface area (Å²) in [6, 6.07) is 0. The summed E-state index contributed by atoms with van der Waals surface area (Å²) >= 11 is 0. The fraction of sp³-hybridized carbons (Fsp3) is 0.859. The molecule has 0 saturated heterocycles. The van der Waals surface area contributed by atoms with Crippen molar-refractivity contribution in [2.45, 2.75) is 380 Å². The highest BCUT2D eigenvalue weighted by atomic mass is 16.6. The van der Waals surface area contributed by atoms with E-state index in [1.54, 1.807) is 0 Å². The molecule has 0 bridgehead atoms. The van der Waals surface area contributed by atoms with Crippen molar-refractivity contribution in [1.82, 2.24) is 0 Å². The zero-order valence-corrected chi connectivity index (χ0v) is 51.3. The van der Waals surface area contributed by atoms with E-state index in [4.69, 9.17) is 9.47 Å². The van der Waals surface area contributed by atoms with Crippen LogP contribution in [0.15, 0.2) is 48.6 Å². The van der Waals surface area contributed by atoms with Gasteiger partial charge in [-0.15, -0.1) is 0 Å². The number of aliphatic hydroxyl groups excluding tert-OH is 1. The van der Waals surface area contributed by atoms with E-state index >= 15 is 0 Å². The predicted octanol–water partition coefficient (Wildman–Crippen LogP) is 23.5. The van der Waals surface area contributed by atoms with Gasteiger partial charge in [0.05, 0.1) is 6.61 Å². The molecule has 0 aliphatic carbocycles. The molecule has 1 unspecified atom stereocenters. The monoisotopic (exact) mass is 1070 g/mol. The molecular weight excluding hydrogens is 933 g/mol. The minimum absolute atomic E-state index is 0.0627. The lowest BCUT2D eigenvalue weighted by molar-refractivity contribution is -0.161. The summed E-state index contributed by atoms with van der Waals surface area (Å²) in [7, 11) is 0. The summed E-state index contributed by atoms with van der Waals surface area (Å²) < 4.78 is 10.8. The largest absolute Gasteiger partial charge is 0.462 e. The van der Waals surface area contributed by atoms with Crippen molar-refractivity contribution in [3.05, 3.63) is 48.6 Å². The molecule has 0 aliphatic heterocycles. The van der Waals surface area contributed by atoms with Gasteiger partial charge in [0.2, 0.25) is 0 Å². The van der Waals surface area contributed by atoms with Crippen molar-refractivity contribution in [3.63, 3.8) is 0 Å². The number of ether oxygens (including phenoxy) is 2. The Morgan fingerprint density at radius 2 is 0.566 bits per heavy atom. The molecule has 0 spiro atoms. The van der Waals surface area contributed by atoms with Crippen molar-refractivity contribution in [2.24, 2.45) is 0 Å². The summed E-state index contributed by atoms with van der Waals surface area (Å²) in [5.74, 6) is -0.574. The molecule has 0 radical (unpaired) electrons. The molecule has 0 aromatic carbocycles. The predicted molar refractivity (Wildman–Crippen MR) is 334 cm³/mol. The molecule has 0 fully saturated rings. The lowest BCUT2D eigenvalue weighted by atomic mass is 10.0. The van der Waals surface area contributed by atoms with Gasteiger partial charge >= 0.3 is 11.9 Å². The first kappa shape index (κ1) is 73.9. The zero-order chi connectivity index (χ0) is 54.8.